The monoisotopic (exact) mass is 319 g/mol. The van der Waals surface area contributed by atoms with Gasteiger partial charge in [0.1, 0.15) is 0 Å². The highest BCUT2D eigenvalue weighted by Gasteiger charge is 2.33. The van der Waals surface area contributed by atoms with Crippen LogP contribution in [0.25, 0.3) is 0 Å². The average Bonchev–Trinajstić information content (AvgIpc) is 2.36. The molecule has 0 heterocycles. The molecule has 0 spiro atoms. The van der Waals surface area contributed by atoms with Gasteiger partial charge in [0.2, 0.25) is 0 Å². The molecule has 0 fully saturated rings. The Bertz CT molecular complexity index is 612. The van der Waals surface area contributed by atoms with Crippen molar-refractivity contribution in [3.05, 3.63) is 63.6 Å². The Balaban J connectivity index is 2.14. The third-order valence-electron chi connectivity index (χ3n) is 2.66. The Labute approximate surface area is 124 Å². The van der Waals surface area contributed by atoms with Gasteiger partial charge in [-0.2, -0.15) is 13.2 Å². The highest BCUT2D eigenvalue weighted by molar-refractivity contribution is 6.31. The van der Waals surface area contributed by atoms with Gasteiger partial charge < -0.3 is 5.32 Å². The Hall–Kier alpha value is -1.39. The van der Waals surface area contributed by atoms with Crippen LogP contribution in [0.2, 0.25) is 10.0 Å². The first-order chi connectivity index (χ1) is 9.36. The molecule has 1 nitrogen and oxygen atoms in total. The van der Waals surface area contributed by atoms with Crippen molar-refractivity contribution in [3.8, 4) is 0 Å². The molecule has 0 saturated carbocycles. The van der Waals surface area contributed by atoms with E-state index in [-0.39, 0.29) is 5.02 Å². The number of alkyl halides is 3. The molecule has 0 saturated heterocycles. The van der Waals surface area contributed by atoms with E-state index in [2.05, 4.69) is 5.32 Å². The van der Waals surface area contributed by atoms with Gasteiger partial charge in [-0.3, -0.25) is 0 Å². The third kappa shape index (κ3) is 3.81. The minimum Gasteiger partial charge on any atom is -0.381 e. The second-order valence-electron chi connectivity index (χ2n) is 4.18. The molecule has 0 aromatic heterocycles. The lowest BCUT2D eigenvalue weighted by atomic mass is 10.1. The van der Waals surface area contributed by atoms with E-state index >= 15 is 0 Å². The van der Waals surface area contributed by atoms with Crippen LogP contribution in [0.5, 0.6) is 0 Å². The molecular weight excluding hydrogens is 310 g/mol. The summed E-state index contributed by atoms with van der Waals surface area (Å²) in [5.74, 6) is 0. The number of nitrogens with one attached hydrogen (secondary N) is 1. The number of anilines is 1. The molecule has 2 aromatic rings. The van der Waals surface area contributed by atoms with Crippen molar-refractivity contribution >= 4 is 28.9 Å². The molecule has 0 radical (unpaired) electrons. The summed E-state index contributed by atoms with van der Waals surface area (Å²) in [5, 5.41) is 3.18. The summed E-state index contributed by atoms with van der Waals surface area (Å²) in [7, 11) is 0. The number of hydrogen-bond acceptors (Lipinski definition) is 1. The average molecular weight is 320 g/mol. The predicted octanol–water partition coefficient (Wildman–Crippen LogP) is 5.62. The Morgan fingerprint density at radius 3 is 2.40 bits per heavy atom. The van der Waals surface area contributed by atoms with Crippen molar-refractivity contribution in [3.63, 3.8) is 0 Å². The first-order valence-electron chi connectivity index (χ1n) is 5.71. The zero-order valence-electron chi connectivity index (χ0n) is 10.1. The molecule has 106 valence electrons. The summed E-state index contributed by atoms with van der Waals surface area (Å²) in [6.07, 6.45) is -4.47. The van der Waals surface area contributed by atoms with E-state index in [0.717, 1.165) is 11.6 Å². The van der Waals surface area contributed by atoms with Crippen LogP contribution in [-0.4, -0.2) is 0 Å². The van der Waals surface area contributed by atoms with Gasteiger partial charge in [-0.15, -0.1) is 0 Å². The molecule has 1 N–H and O–H groups in total. The maximum absolute atomic E-state index is 12.7. The maximum Gasteiger partial charge on any atom is 0.417 e. The molecule has 0 atom stereocenters. The van der Waals surface area contributed by atoms with Crippen LogP contribution in [0.15, 0.2) is 42.5 Å². The number of hydrogen-bond donors (Lipinski definition) is 1. The maximum atomic E-state index is 12.7. The van der Waals surface area contributed by atoms with Crippen molar-refractivity contribution in [1.82, 2.24) is 0 Å². The molecule has 0 aliphatic heterocycles. The summed E-state index contributed by atoms with van der Waals surface area (Å²) in [6.45, 7) is 0.374. The van der Waals surface area contributed by atoms with Gasteiger partial charge in [0, 0.05) is 17.3 Å². The lowest BCUT2D eigenvalue weighted by Gasteiger charge is -2.12. The SMILES string of the molecule is FC(F)(F)c1cc(NCc2cccc(Cl)c2)ccc1Cl. The first-order valence-corrected chi connectivity index (χ1v) is 6.47. The molecular formula is C14H10Cl2F3N. The fraction of sp³-hybridized carbons (Fsp3) is 0.143. The van der Waals surface area contributed by atoms with Crippen LogP contribution in [0.4, 0.5) is 18.9 Å². The topological polar surface area (TPSA) is 12.0 Å². The van der Waals surface area contributed by atoms with Crippen molar-refractivity contribution in [1.29, 1.82) is 0 Å². The van der Waals surface area contributed by atoms with Crippen LogP contribution in [-0.2, 0) is 12.7 Å². The lowest BCUT2D eigenvalue weighted by molar-refractivity contribution is -0.137. The smallest absolute Gasteiger partial charge is 0.381 e. The fourth-order valence-corrected chi connectivity index (χ4v) is 2.14. The van der Waals surface area contributed by atoms with Crippen LogP contribution in [0, 0.1) is 0 Å². The highest BCUT2D eigenvalue weighted by atomic mass is 35.5. The Morgan fingerprint density at radius 2 is 1.75 bits per heavy atom. The Kier molecular flexibility index (Phi) is 4.45. The van der Waals surface area contributed by atoms with Gasteiger partial charge in [0.05, 0.1) is 10.6 Å². The van der Waals surface area contributed by atoms with E-state index in [9.17, 15) is 13.2 Å². The molecule has 2 rings (SSSR count). The van der Waals surface area contributed by atoms with E-state index in [4.69, 9.17) is 23.2 Å². The van der Waals surface area contributed by atoms with Gasteiger partial charge in [-0.25, -0.2) is 0 Å². The zero-order chi connectivity index (χ0) is 14.8. The molecule has 2 aromatic carbocycles. The molecule has 20 heavy (non-hydrogen) atoms. The van der Waals surface area contributed by atoms with E-state index in [1.807, 2.05) is 6.07 Å². The van der Waals surface area contributed by atoms with Gasteiger partial charge >= 0.3 is 6.18 Å². The molecule has 0 amide bonds. The van der Waals surface area contributed by atoms with Crippen LogP contribution < -0.4 is 5.32 Å². The number of benzene rings is 2. The van der Waals surface area contributed by atoms with E-state index in [1.165, 1.54) is 12.1 Å². The fourth-order valence-electron chi connectivity index (χ4n) is 1.70. The largest absolute Gasteiger partial charge is 0.417 e. The highest BCUT2D eigenvalue weighted by Crippen LogP contribution is 2.36. The lowest BCUT2D eigenvalue weighted by Crippen LogP contribution is -2.07. The second-order valence-corrected chi connectivity index (χ2v) is 5.02. The minimum atomic E-state index is -4.47. The van der Waals surface area contributed by atoms with Gasteiger partial charge in [0.15, 0.2) is 0 Å². The van der Waals surface area contributed by atoms with Crippen LogP contribution in [0.1, 0.15) is 11.1 Å². The van der Waals surface area contributed by atoms with Gasteiger partial charge in [0.25, 0.3) is 0 Å². The summed E-state index contributed by atoms with van der Waals surface area (Å²) >= 11 is 11.4. The Morgan fingerprint density at radius 1 is 1.00 bits per heavy atom. The third-order valence-corrected chi connectivity index (χ3v) is 3.22. The molecule has 0 aliphatic rings. The summed E-state index contributed by atoms with van der Waals surface area (Å²) in [5.41, 5.74) is 0.373. The standard InChI is InChI=1S/C14H10Cl2F3N/c15-10-3-1-2-9(6-10)8-20-11-4-5-13(16)12(7-11)14(17,18)19/h1-7,20H,8H2. The van der Waals surface area contributed by atoms with Crippen molar-refractivity contribution < 1.29 is 13.2 Å². The molecule has 0 unspecified atom stereocenters. The van der Waals surface area contributed by atoms with Crippen molar-refractivity contribution in [2.75, 3.05) is 5.32 Å². The van der Waals surface area contributed by atoms with Gasteiger partial charge in [-0.05, 0) is 35.9 Å². The molecule has 0 bridgehead atoms. The minimum absolute atomic E-state index is 0.314. The number of halogens is 5. The molecule has 6 heteroatoms. The van der Waals surface area contributed by atoms with Crippen molar-refractivity contribution in [2.45, 2.75) is 12.7 Å². The zero-order valence-corrected chi connectivity index (χ0v) is 11.7. The second kappa shape index (κ2) is 5.94. The first kappa shape index (κ1) is 15.0. The normalized spacial score (nSPS) is 11.4. The van der Waals surface area contributed by atoms with E-state index in [1.54, 1.807) is 18.2 Å². The van der Waals surface area contributed by atoms with E-state index < -0.39 is 11.7 Å². The summed E-state index contributed by atoms with van der Waals surface area (Å²) < 4.78 is 38.1. The molecule has 0 aliphatic carbocycles. The summed E-state index contributed by atoms with van der Waals surface area (Å²) in [4.78, 5) is 0. The summed E-state index contributed by atoms with van der Waals surface area (Å²) in [6, 6.07) is 10.8. The van der Waals surface area contributed by atoms with E-state index in [0.29, 0.717) is 17.3 Å². The predicted molar refractivity (Wildman–Crippen MR) is 75.2 cm³/mol. The quantitative estimate of drug-likeness (QED) is 0.773. The van der Waals surface area contributed by atoms with Gasteiger partial charge in [-0.1, -0.05) is 35.3 Å². The number of rotatable bonds is 3. The van der Waals surface area contributed by atoms with Crippen LogP contribution in [0.3, 0.4) is 0 Å². The van der Waals surface area contributed by atoms with Crippen LogP contribution >= 0.6 is 23.2 Å². The van der Waals surface area contributed by atoms with Crippen molar-refractivity contribution in [2.24, 2.45) is 0 Å².